The van der Waals surface area contributed by atoms with Crippen LogP contribution in [-0.2, 0) is 24.1 Å². The predicted molar refractivity (Wildman–Crippen MR) is 144 cm³/mol. The molecule has 0 aliphatic carbocycles. The van der Waals surface area contributed by atoms with Crippen LogP contribution >= 0.6 is 0 Å². The zero-order valence-electron chi connectivity index (χ0n) is 21.8. The molecule has 1 amide bonds. The van der Waals surface area contributed by atoms with Gasteiger partial charge < -0.3 is 20.2 Å². The van der Waals surface area contributed by atoms with Crippen LogP contribution in [0.3, 0.4) is 0 Å². The molecule has 0 bridgehead atoms. The van der Waals surface area contributed by atoms with E-state index in [-0.39, 0.29) is 29.9 Å². The van der Waals surface area contributed by atoms with Gasteiger partial charge in [-0.3, -0.25) is 4.79 Å². The minimum absolute atomic E-state index is 0.0457. The van der Waals surface area contributed by atoms with Gasteiger partial charge in [0.1, 0.15) is 18.1 Å². The lowest BCUT2D eigenvalue weighted by atomic mass is 10.2. The van der Waals surface area contributed by atoms with Crippen LogP contribution in [0.1, 0.15) is 23.7 Å². The first kappa shape index (κ1) is 27.6. The van der Waals surface area contributed by atoms with Crippen molar-refractivity contribution in [2.45, 2.75) is 32.3 Å². The molecule has 0 saturated heterocycles. The second kappa shape index (κ2) is 11.6. The lowest BCUT2D eigenvalue weighted by Crippen LogP contribution is -2.37. The van der Waals surface area contributed by atoms with Crippen molar-refractivity contribution in [1.29, 1.82) is 0 Å². The highest BCUT2D eigenvalue weighted by atomic mass is 19.4. The number of nitrogens with one attached hydrogen (secondary N) is 1. The van der Waals surface area contributed by atoms with Gasteiger partial charge in [-0.25, -0.2) is 4.68 Å². The molecule has 0 radical (unpaired) electrons. The van der Waals surface area contributed by atoms with Crippen molar-refractivity contribution >= 4 is 5.91 Å². The normalized spacial score (nSPS) is 12.2. The molecule has 1 atom stereocenters. The summed E-state index contributed by atoms with van der Waals surface area (Å²) in [6, 6.07) is 23.3. The molecule has 0 aliphatic rings. The number of hydrogen-bond donors (Lipinski definition) is 2. The van der Waals surface area contributed by atoms with Crippen LogP contribution in [0.2, 0.25) is 0 Å². The Kier molecular flexibility index (Phi) is 7.83. The highest BCUT2D eigenvalue weighted by Crippen LogP contribution is 2.34. The molecule has 0 saturated carbocycles. The Morgan fingerprint density at radius 3 is 2.39 bits per heavy atom. The van der Waals surface area contributed by atoms with E-state index in [4.69, 9.17) is 14.9 Å². The molecule has 0 aliphatic heterocycles. The summed E-state index contributed by atoms with van der Waals surface area (Å²) in [5.74, 6) is 0.234. The number of halogens is 3. The lowest BCUT2D eigenvalue weighted by Gasteiger charge is -2.10. The van der Waals surface area contributed by atoms with Gasteiger partial charge in [0.2, 0.25) is 11.8 Å². The molecule has 12 heteroatoms. The van der Waals surface area contributed by atoms with Crippen LogP contribution in [0, 0.1) is 0 Å². The number of carbonyl (C=O) groups is 1. The summed E-state index contributed by atoms with van der Waals surface area (Å²) in [5, 5.41) is 14.5. The number of hydrogen-bond acceptors (Lipinski definition) is 7. The summed E-state index contributed by atoms with van der Waals surface area (Å²) in [5.41, 5.74) is 6.93. The number of rotatable bonds is 9. The fraction of sp³-hybridized carbons (Fsp3) is 0.172. The number of nitrogens with zero attached hydrogens (tertiary/aromatic N) is 4. The number of aromatic nitrogens is 4. The Morgan fingerprint density at radius 1 is 0.976 bits per heavy atom. The van der Waals surface area contributed by atoms with Gasteiger partial charge in [0.05, 0.1) is 11.7 Å². The van der Waals surface area contributed by atoms with Crippen molar-refractivity contribution in [3.05, 3.63) is 102 Å². The van der Waals surface area contributed by atoms with Crippen molar-refractivity contribution in [3.63, 3.8) is 0 Å². The van der Waals surface area contributed by atoms with Gasteiger partial charge in [0.25, 0.3) is 5.89 Å². The smallest absolute Gasteiger partial charge is 0.435 e. The van der Waals surface area contributed by atoms with Crippen molar-refractivity contribution in [2.75, 3.05) is 0 Å². The number of nitrogens with two attached hydrogens (primary N) is 1. The number of benzene rings is 3. The lowest BCUT2D eigenvalue weighted by molar-refractivity contribution is -0.141. The van der Waals surface area contributed by atoms with Gasteiger partial charge in [0.15, 0.2) is 5.69 Å². The van der Waals surface area contributed by atoms with E-state index in [9.17, 15) is 18.0 Å². The third-order valence-corrected chi connectivity index (χ3v) is 6.03. The van der Waals surface area contributed by atoms with Gasteiger partial charge >= 0.3 is 6.18 Å². The molecule has 0 fully saturated rings. The SMILES string of the molecule is C[C@H](N)C(=O)NCc1cccc(-n2nc(C(F)(F)F)cc2-c2nnc(-c3ccc(OCc4ccccc4)cc3)o2)c1. The van der Waals surface area contributed by atoms with Crippen molar-refractivity contribution in [1.82, 2.24) is 25.3 Å². The maximum Gasteiger partial charge on any atom is 0.435 e. The maximum absolute atomic E-state index is 13.6. The summed E-state index contributed by atoms with van der Waals surface area (Å²) in [6.07, 6.45) is -4.71. The van der Waals surface area contributed by atoms with Gasteiger partial charge in [0, 0.05) is 18.2 Å². The third-order valence-electron chi connectivity index (χ3n) is 6.03. The van der Waals surface area contributed by atoms with E-state index >= 15 is 0 Å². The van der Waals surface area contributed by atoms with Crippen LogP contribution in [-0.4, -0.2) is 31.9 Å². The average Bonchev–Trinajstić information content (AvgIpc) is 3.64. The summed E-state index contributed by atoms with van der Waals surface area (Å²) in [4.78, 5) is 11.8. The van der Waals surface area contributed by atoms with Crippen LogP contribution < -0.4 is 15.8 Å². The molecule has 9 nitrogen and oxygen atoms in total. The topological polar surface area (TPSA) is 121 Å². The zero-order chi connectivity index (χ0) is 29.0. The highest BCUT2D eigenvalue weighted by Gasteiger charge is 2.36. The van der Waals surface area contributed by atoms with Crippen molar-refractivity contribution in [2.24, 2.45) is 5.73 Å². The highest BCUT2D eigenvalue weighted by molar-refractivity contribution is 5.80. The Bertz CT molecular complexity index is 1630. The van der Waals surface area contributed by atoms with E-state index in [0.29, 0.717) is 29.2 Å². The van der Waals surface area contributed by atoms with E-state index < -0.39 is 17.9 Å². The van der Waals surface area contributed by atoms with Gasteiger partial charge in [-0.15, -0.1) is 10.2 Å². The summed E-state index contributed by atoms with van der Waals surface area (Å²) < 4.78 is 53.6. The van der Waals surface area contributed by atoms with Gasteiger partial charge in [-0.05, 0) is 54.4 Å². The van der Waals surface area contributed by atoms with Gasteiger partial charge in [-0.1, -0.05) is 42.5 Å². The molecule has 3 aromatic carbocycles. The predicted octanol–water partition coefficient (Wildman–Crippen LogP) is 5.15. The molecule has 3 N–H and O–H groups in total. The van der Waals surface area contributed by atoms with Crippen LogP contribution in [0.5, 0.6) is 5.75 Å². The summed E-state index contributed by atoms with van der Waals surface area (Å²) in [6.45, 7) is 2.08. The molecule has 5 rings (SSSR count). The first-order chi connectivity index (χ1) is 19.7. The quantitative estimate of drug-likeness (QED) is 0.255. The molecule has 0 spiro atoms. The Balaban J connectivity index is 1.39. The average molecular weight is 563 g/mol. The fourth-order valence-corrected chi connectivity index (χ4v) is 3.90. The largest absolute Gasteiger partial charge is 0.489 e. The third kappa shape index (κ3) is 6.61. The van der Waals surface area contributed by atoms with E-state index in [2.05, 4.69) is 20.6 Å². The number of amides is 1. The van der Waals surface area contributed by atoms with E-state index in [1.165, 1.54) is 0 Å². The molecular formula is C29H25F3N6O3. The zero-order valence-corrected chi connectivity index (χ0v) is 21.8. The first-order valence-electron chi connectivity index (χ1n) is 12.6. The monoisotopic (exact) mass is 562 g/mol. The fourth-order valence-electron chi connectivity index (χ4n) is 3.90. The van der Waals surface area contributed by atoms with Crippen LogP contribution in [0.25, 0.3) is 28.7 Å². The molecule has 5 aromatic rings. The van der Waals surface area contributed by atoms with Crippen molar-refractivity contribution in [3.8, 4) is 34.5 Å². The van der Waals surface area contributed by atoms with E-state index in [1.807, 2.05) is 30.3 Å². The molecule has 210 valence electrons. The molecule has 0 unspecified atom stereocenters. The minimum atomic E-state index is -4.71. The van der Waals surface area contributed by atoms with Crippen molar-refractivity contribution < 1.29 is 27.1 Å². The molecule has 41 heavy (non-hydrogen) atoms. The Morgan fingerprint density at radius 2 is 1.68 bits per heavy atom. The number of alkyl halides is 3. The summed E-state index contributed by atoms with van der Waals surface area (Å²) >= 11 is 0. The molecule has 2 aromatic heterocycles. The van der Waals surface area contributed by atoms with Crippen LogP contribution in [0.15, 0.2) is 89.3 Å². The first-order valence-corrected chi connectivity index (χ1v) is 12.6. The summed E-state index contributed by atoms with van der Waals surface area (Å²) in [7, 11) is 0. The minimum Gasteiger partial charge on any atom is -0.489 e. The number of carbonyl (C=O) groups excluding carboxylic acids is 1. The van der Waals surface area contributed by atoms with Crippen LogP contribution in [0.4, 0.5) is 13.2 Å². The van der Waals surface area contributed by atoms with E-state index in [0.717, 1.165) is 16.3 Å². The Labute approximate surface area is 232 Å². The maximum atomic E-state index is 13.6. The number of ether oxygens (including phenoxy) is 1. The molecular weight excluding hydrogens is 537 g/mol. The molecule has 2 heterocycles. The standard InChI is InChI=1S/C29H25F3N6O3/c1-18(33)26(39)34-16-20-8-5-9-22(14-20)38-24(15-25(37-38)29(30,31)32)28-36-35-27(41-28)21-10-12-23(13-11-21)40-17-19-6-3-2-4-7-19/h2-15,18H,16-17,33H2,1H3,(H,34,39)/t18-/m0/s1. The second-order valence-electron chi connectivity index (χ2n) is 9.21. The second-order valence-corrected chi connectivity index (χ2v) is 9.21. The van der Waals surface area contributed by atoms with E-state index in [1.54, 1.807) is 55.5 Å². The Hall–Kier alpha value is -4.97. The van der Waals surface area contributed by atoms with Gasteiger partial charge in [-0.2, -0.15) is 18.3 Å².